The summed E-state index contributed by atoms with van der Waals surface area (Å²) in [6.45, 7) is 10.9. The smallest absolute Gasteiger partial charge is 0.0200 e. The third kappa shape index (κ3) is 3.78. The van der Waals surface area contributed by atoms with E-state index in [1.54, 1.807) is 0 Å². The first-order chi connectivity index (χ1) is 6.37. The van der Waals surface area contributed by atoms with Crippen LogP contribution in [0.1, 0.15) is 37.5 Å². The Morgan fingerprint density at radius 2 is 1.43 bits per heavy atom. The molecule has 0 heterocycles. The number of allylic oxidation sites excluding steroid dienone is 1. The first-order valence-corrected chi connectivity index (χ1v) is 5.14. The van der Waals surface area contributed by atoms with E-state index in [0.29, 0.717) is 0 Å². The van der Waals surface area contributed by atoms with Crippen LogP contribution in [0.4, 0.5) is 0 Å². The van der Waals surface area contributed by atoms with Gasteiger partial charge in [-0.25, -0.2) is 0 Å². The summed E-state index contributed by atoms with van der Waals surface area (Å²) in [4.78, 5) is 0. The van der Waals surface area contributed by atoms with Crippen LogP contribution in [0.5, 0.6) is 0 Å². The average molecular weight is 188 g/mol. The van der Waals surface area contributed by atoms with E-state index in [1.165, 1.54) is 16.7 Å². The minimum absolute atomic E-state index is 0.262. The van der Waals surface area contributed by atoms with Gasteiger partial charge in [-0.3, -0.25) is 0 Å². The lowest BCUT2D eigenvalue weighted by molar-refractivity contribution is 0.547. The Bertz CT molecular complexity index is 317. The Labute approximate surface area is 87.7 Å². The van der Waals surface area contributed by atoms with Crippen molar-refractivity contribution in [3.63, 3.8) is 0 Å². The molecule has 0 heteroatoms. The molecule has 1 rings (SSSR count). The van der Waals surface area contributed by atoms with E-state index in [1.807, 2.05) is 0 Å². The van der Waals surface area contributed by atoms with Gasteiger partial charge in [0.05, 0.1) is 0 Å². The summed E-state index contributed by atoms with van der Waals surface area (Å²) in [5, 5.41) is 0. The van der Waals surface area contributed by atoms with Gasteiger partial charge in [0.2, 0.25) is 0 Å². The Morgan fingerprint density at radius 3 is 1.86 bits per heavy atom. The van der Waals surface area contributed by atoms with Crippen molar-refractivity contribution in [2.75, 3.05) is 0 Å². The Hall–Kier alpha value is -1.04. The maximum Gasteiger partial charge on any atom is -0.0200 e. The summed E-state index contributed by atoms with van der Waals surface area (Å²) in [6, 6.07) is 6.64. The van der Waals surface area contributed by atoms with Crippen LogP contribution in [-0.2, 0) is 0 Å². The van der Waals surface area contributed by atoms with Gasteiger partial charge in [0.15, 0.2) is 0 Å². The minimum Gasteiger partial charge on any atom is -0.0785 e. The molecular weight excluding hydrogens is 168 g/mol. The molecular formula is C14H20. The Morgan fingerprint density at radius 1 is 0.929 bits per heavy atom. The van der Waals surface area contributed by atoms with Crippen molar-refractivity contribution in [3.8, 4) is 0 Å². The molecule has 0 saturated heterocycles. The van der Waals surface area contributed by atoms with Gasteiger partial charge in [0.1, 0.15) is 0 Å². The largest absolute Gasteiger partial charge is 0.0785 e. The Kier molecular flexibility index (Phi) is 3.15. The molecule has 0 saturated carbocycles. The van der Waals surface area contributed by atoms with Crippen molar-refractivity contribution in [2.24, 2.45) is 5.41 Å². The van der Waals surface area contributed by atoms with Crippen LogP contribution >= 0.6 is 0 Å². The van der Waals surface area contributed by atoms with Crippen LogP contribution in [0.25, 0.3) is 6.08 Å². The van der Waals surface area contributed by atoms with Crippen molar-refractivity contribution in [1.82, 2.24) is 0 Å². The SMILES string of the molecule is Cc1cc(C)cc(/C=C/C(C)(C)C)c1. The number of aryl methyl sites for hydroxylation is 2. The molecule has 0 atom stereocenters. The van der Waals surface area contributed by atoms with E-state index in [4.69, 9.17) is 0 Å². The normalized spacial score (nSPS) is 12.4. The van der Waals surface area contributed by atoms with Gasteiger partial charge in [-0.15, -0.1) is 0 Å². The zero-order chi connectivity index (χ0) is 10.8. The molecule has 0 radical (unpaired) electrons. The third-order valence-electron chi connectivity index (χ3n) is 2.02. The molecule has 1 aromatic carbocycles. The summed E-state index contributed by atoms with van der Waals surface area (Å²) < 4.78 is 0. The predicted octanol–water partition coefficient (Wildman–Crippen LogP) is 4.36. The zero-order valence-electron chi connectivity index (χ0n) is 9.89. The fourth-order valence-electron chi connectivity index (χ4n) is 1.45. The molecule has 0 aliphatic carbocycles. The van der Waals surface area contributed by atoms with Gasteiger partial charge in [0, 0.05) is 0 Å². The molecule has 14 heavy (non-hydrogen) atoms. The minimum atomic E-state index is 0.262. The predicted molar refractivity (Wildman–Crippen MR) is 64.4 cm³/mol. The highest BCUT2D eigenvalue weighted by Gasteiger charge is 2.03. The maximum atomic E-state index is 2.25. The molecule has 0 unspecified atom stereocenters. The molecule has 0 fully saturated rings. The van der Waals surface area contributed by atoms with Gasteiger partial charge < -0.3 is 0 Å². The van der Waals surface area contributed by atoms with Crippen LogP contribution in [0, 0.1) is 19.3 Å². The van der Waals surface area contributed by atoms with Crippen LogP contribution in [-0.4, -0.2) is 0 Å². The van der Waals surface area contributed by atoms with E-state index >= 15 is 0 Å². The quantitative estimate of drug-likeness (QED) is 0.614. The zero-order valence-corrected chi connectivity index (χ0v) is 9.89. The molecule has 0 amide bonds. The molecule has 1 aromatic rings. The second-order valence-electron chi connectivity index (χ2n) is 5.12. The van der Waals surface area contributed by atoms with Crippen LogP contribution in [0.3, 0.4) is 0 Å². The second kappa shape index (κ2) is 4.00. The molecule has 0 aromatic heterocycles. The van der Waals surface area contributed by atoms with Crippen molar-refractivity contribution in [1.29, 1.82) is 0 Å². The van der Waals surface area contributed by atoms with E-state index in [0.717, 1.165) is 0 Å². The maximum absolute atomic E-state index is 2.25. The number of rotatable bonds is 1. The highest BCUT2D eigenvalue weighted by atomic mass is 14.1. The molecule has 0 nitrogen and oxygen atoms in total. The monoisotopic (exact) mass is 188 g/mol. The summed E-state index contributed by atoms with van der Waals surface area (Å²) in [5.74, 6) is 0. The topological polar surface area (TPSA) is 0 Å². The van der Waals surface area contributed by atoms with Crippen molar-refractivity contribution >= 4 is 6.08 Å². The van der Waals surface area contributed by atoms with Crippen molar-refractivity contribution < 1.29 is 0 Å². The number of benzene rings is 1. The Balaban J connectivity index is 2.92. The van der Waals surface area contributed by atoms with Gasteiger partial charge in [-0.2, -0.15) is 0 Å². The van der Waals surface area contributed by atoms with E-state index < -0.39 is 0 Å². The molecule has 0 bridgehead atoms. The molecule has 0 spiro atoms. The first-order valence-electron chi connectivity index (χ1n) is 5.14. The van der Waals surface area contributed by atoms with Gasteiger partial charge in [-0.05, 0) is 24.8 Å². The second-order valence-corrected chi connectivity index (χ2v) is 5.12. The van der Waals surface area contributed by atoms with E-state index in [9.17, 15) is 0 Å². The summed E-state index contributed by atoms with van der Waals surface area (Å²) in [5.41, 5.74) is 4.23. The van der Waals surface area contributed by atoms with Crippen LogP contribution in [0.2, 0.25) is 0 Å². The molecule has 0 N–H and O–H groups in total. The summed E-state index contributed by atoms with van der Waals surface area (Å²) in [7, 11) is 0. The number of hydrogen-bond acceptors (Lipinski definition) is 0. The van der Waals surface area contributed by atoms with Crippen molar-refractivity contribution in [3.05, 3.63) is 41.0 Å². The average Bonchev–Trinajstić information content (AvgIpc) is 1.97. The lowest BCUT2D eigenvalue weighted by Gasteiger charge is -2.11. The van der Waals surface area contributed by atoms with Gasteiger partial charge >= 0.3 is 0 Å². The van der Waals surface area contributed by atoms with Crippen molar-refractivity contribution in [2.45, 2.75) is 34.6 Å². The van der Waals surface area contributed by atoms with Crippen LogP contribution in [0.15, 0.2) is 24.3 Å². The third-order valence-corrected chi connectivity index (χ3v) is 2.02. The van der Waals surface area contributed by atoms with Gasteiger partial charge in [0.25, 0.3) is 0 Å². The molecule has 0 aliphatic heterocycles. The highest BCUT2D eigenvalue weighted by molar-refractivity contribution is 5.52. The molecule has 0 aliphatic rings. The first kappa shape index (κ1) is 11.0. The fraction of sp³-hybridized carbons (Fsp3) is 0.429. The molecule has 76 valence electrons. The summed E-state index contributed by atoms with van der Waals surface area (Å²) in [6.07, 6.45) is 4.46. The van der Waals surface area contributed by atoms with E-state index in [2.05, 4.69) is 65.0 Å². The van der Waals surface area contributed by atoms with E-state index in [-0.39, 0.29) is 5.41 Å². The fourth-order valence-corrected chi connectivity index (χ4v) is 1.45. The van der Waals surface area contributed by atoms with Gasteiger partial charge in [-0.1, -0.05) is 62.2 Å². The summed E-state index contributed by atoms with van der Waals surface area (Å²) >= 11 is 0. The lowest BCUT2D eigenvalue weighted by atomic mass is 9.95. The number of hydrogen-bond donors (Lipinski definition) is 0. The standard InChI is InChI=1S/C14H20/c1-11-8-12(2)10-13(9-11)6-7-14(3,4)5/h6-10H,1-5H3/b7-6+. The highest BCUT2D eigenvalue weighted by Crippen LogP contribution is 2.18. The lowest BCUT2D eigenvalue weighted by Crippen LogP contribution is -1.98. The van der Waals surface area contributed by atoms with Crippen LogP contribution < -0.4 is 0 Å².